The molecule has 7 nitrogen and oxygen atoms in total. The molecular weight excluding hydrogens is 354 g/mol. The Bertz CT molecular complexity index is 686. The molecule has 2 amide bonds. The molecule has 0 bridgehead atoms. The van der Waals surface area contributed by atoms with E-state index >= 15 is 0 Å². The predicted octanol–water partition coefficient (Wildman–Crippen LogP) is 1.93. The van der Waals surface area contributed by atoms with E-state index in [-0.39, 0.29) is 30.9 Å². The zero-order chi connectivity index (χ0) is 19.3. The van der Waals surface area contributed by atoms with Gasteiger partial charge >= 0.3 is 5.97 Å². The average molecular weight is 381 g/mol. The number of piperidine rings is 1. The molecule has 0 aromatic carbocycles. The Labute approximate surface area is 157 Å². The van der Waals surface area contributed by atoms with Gasteiger partial charge < -0.3 is 15.8 Å². The Balaban J connectivity index is 2.08. The standard InChI is InChI=1S/C18H27N3O4S/c1-4-13-11(3)15(18(24)25-5-2)17(26-13)20-14(22)10-21-8-6-7-12(9-21)16(19)23/h12H,4-10H2,1-3H3,(H2,19,23)(H,20,22)/t12-/m1/s1. The number of carbonyl (C=O) groups is 3. The molecule has 0 spiro atoms. The molecule has 8 heteroatoms. The number of nitrogens with zero attached hydrogens (tertiary/aromatic N) is 1. The van der Waals surface area contributed by atoms with Crippen molar-refractivity contribution in [3.63, 3.8) is 0 Å². The molecule has 1 aromatic rings. The number of amides is 2. The number of carbonyl (C=O) groups excluding carboxylic acids is 3. The molecule has 0 radical (unpaired) electrons. The van der Waals surface area contributed by atoms with Crippen LogP contribution in [0.2, 0.25) is 0 Å². The van der Waals surface area contributed by atoms with E-state index in [1.807, 2.05) is 18.7 Å². The van der Waals surface area contributed by atoms with Gasteiger partial charge in [0.25, 0.3) is 0 Å². The molecule has 1 atom stereocenters. The van der Waals surface area contributed by atoms with E-state index in [1.165, 1.54) is 11.3 Å². The summed E-state index contributed by atoms with van der Waals surface area (Å²) in [6, 6.07) is 0. The maximum atomic E-state index is 12.5. The third kappa shape index (κ3) is 4.82. The number of hydrogen-bond donors (Lipinski definition) is 2. The fraction of sp³-hybridized carbons (Fsp3) is 0.611. The smallest absolute Gasteiger partial charge is 0.341 e. The van der Waals surface area contributed by atoms with Gasteiger partial charge in [0, 0.05) is 11.4 Å². The van der Waals surface area contributed by atoms with Gasteiger partial charge in [0.1, 0.15) is 5.00 Å². The van der Waals surface area contributed by atoms with Crippen LogP contribution in [-0.4, -0.2) is 48.9 Å². The molecule has 2 heterocycles. The first-order valence-corrected chi connectivity index (χ1v) is 9.79. The second kappa shape index (κ2) is 9.14. The highest BCUT2D eigenvalue weighted by molar-refractivity contribution is 7.17. The van der Waals surface area contributed by atoms with Crippen LogP contribution < -0.4 is 11.1 Å². The van der Waals surface area contributed by atoms with E-state index in [0.29, 0.717) is 17.1 Å². The first kappa shape index (κ1) is 20.4. The summed E-state index contributed by atoms with van der Waals surface area (Å²) < 4.78 is 5.13. The monoisotopic (exact) mass is 381 g/mol. The van der Waals surface area contributed by atoms with Gasteiger partial charge in [0.15, 0.2) is 0 Å². The van der Waals surface area contributed by atoms with Crippen LogP contribution in [0.1, 0.15) is 47.5 Å². The lowest BCUT2D eigenvalue weighted by Crippen LogP contribution is -2.44. The Morgan fingerprint density at radius 1 is 1.35 bits per heavy atom. The van der Waals surface area contributed by atoms with E-state index in [4.69, 9.17) is 10.5 Å². The second-order valence-corrected chi connectivity index (χ2v) is 7.56. The number of nitrogens with one attached hydrogen (secondary N) is 1. The quantitative estimate of drug-likeness (QED) is 0.703. The molecular formula is C18H27N3O4S. The maximum Gasteiger partial charge on any atom is 0.341 e. The minimum Gasteiger partial charge on any atom is -0.462 e. The van der Waals surface area contributed by atoms with E-state index < -0.39 is 5.97 Å². The molecule has 3 N–H and O–H groups in total. The van der Waals surface area contributed by atoms with Gasteiger partial charge in [-0.2, -0.15) is 0 Å². The molecule has 2 rings (SSSR count). The van der Waals surface area contributed by atoms with Crippen molar-refractivity contribution >= 4 is 34.1 Å². The summed E-state index contributed by atoms with van der Waals surface area (Å²) in [6.07, 6.45) is 2.39. The van der Waals surface area contributed by atoms with Crippen LogP contribution in [0.3, 0.4) is 0 Å². The van der Waals surface area contributed by atoms with E-state index in [1.54, 1.807) is 6.92 Å². The fourth-order valence-electron chi connectivity index (χ4n) is 3.24. The number of rotatable bonds is 7. The van der Waals surface area contributed by atoms with Crippen LogP contribution in [-0.2, 0) is 20.7 Å². The number of primary amides is 1. The minimum atomic E-state index is -0.414. The Kier molecular flexibility index (Phi) is 7.16. The third-order valence-electron chi connectivity index (χ3n) is 4.57. The van der Waals surface area contributed by atoms with Gasteiger partial charge in [-0.1, -0.05) is 6.92 Å². The number of hydrogen-bond acceptors (Lipinski definition) is 6. The van der Waals surface area contributed by atoms with E-state index in [2.05, 4.69) is 5.32 Å². The van der Waals surface area contributed by atoms with Gasteiger partial charge in [0.2, 0.25) is 11.8 Å². The molecule has 26 heavy (non-hydrogen) atoms. The number of nitrogens with two attached hydrogens (primary N) is 1. The maximum absolute atomic E-state index is 12.5. The number of thiophene rings is 1. The van der Waals surface area contributed by atoms with Crippen LogP contribution >= 0.6 is 11.3 Å². The van der Waals surface area contributed by atoms with Crippen molar-refractivity contribution < 1.29 is 19.1 Å². The first-order valence-electron chi connectivity index (χ1n) is 8.98. The van der Waals surface area contributed by atoms with Crippen molar-refractivity contribution in [1.82, 2.24) is 4.90 Å². The third-order valence-corrected chi connectivity index (χ3v) is 5.93. The number of ether oxygens (including phenoxy) is 1. The molecule has 1 saturated heterocycles. The zero-order valence-electron chi connectivity index (χ0n) is 15.6. The first-order chi connectivity index (χ1) is 12.4. The van der Waals surface area contributed by atoms with Crippen LogP contribution in [0, 0.1) is 12.8 Å². The van der Waals surface area contributed by atoms with Gasteiger partial charge in [-0.25, -0.2) is 4.79 Å². The number of aryl methyl sites for hydroxylation is 1. The molecule has 1 aromatic heterocycles. The van der Waals surface area contributed by atoms with Crippen molar-refractivity contribution in [3.05, 3.63) is 16.0 Å². The van der Waals surface area contributed by atoms with Crippen molar-refractivity contribution in [1.29, 1.82) is 0 Å². The molecule has 0 saturated carbocycles. The minimum absolute atomic E-state index is 0.171. The van der Waals surface area contributed by atoms with E-state index in [9.17, 15) is 14.4 Å². The highest BCUT2D eigenvalue weighted by atomic mass is 32.1. The van der Waals surface area contributed by atoms with Crippen molar-refractivity contribution in [2.75, 3.05) is 31.6 Å². The molecule has 1 aliphatic heterocycles. The Morgan fingerprint density at radius 2 is 2.08 bits per heavy atom. The lowest BCUT2D eigenvalue weighted by atomic mass is 9.97. The number of likely N-dealkylation sites (tertiary alicyclic amines) is 1. The van der Waals surface area contributed by atoms with Crippen molar-refractivity contribution in [3.8, 4) is 0 Å². The van der Waals surface area contributed by atoms with Crippen LogP contribution in [0.4, 0.5) is 5.00 Å². The van der Waals surface area contributed by atoms with Crippen molar-refractivity contribution in [2.24, 2.45) is 11.7 Å². The van der Waals surface area contributed by atoms with Crippen molar-refractivity contribution in [2.45, 2.75) is 40.0 Å². The number of esters is 1. The Hall–Kier alpha value is -1.93. The average Bonchev–Trinajstić information content (AvgIpc) is 2.90. The lowest BCUT2D eigenvalue weighted by molar-refractivity contribution is -0.125. The Morgan fingerprint density at radius 3 is 2.69 bits per heavy atom. The molecule has 1 aliphatic rings. The normalized spacial score (nSPS) is 17.7. The summed E-state index contributed by atoms with van der Waals surface area (Å²) in [5.41, 5.74) is 6.68. The largest absolute Gasteiger partial charge is 0.462 e. The summed E-state index contributed by atoms with van der Waals surface area (Å²) in [7, 11) is 0. The highest BCUT2D eigenvalue weighted by Gasteiger charge is 2.27. The van der Waals surface area contributed by atoms with Crippen LogP contribution in [0.25, 0.3) is 0 Å². The topological polar surface area (TPSA) is 102 Å². The molecule has 0 aliphatic carbocycles. The zero-order valence-corrected chi connectivity index (χ0v) is 16.4. The lowest BCUT2D eigenvalue weighted by Gasteiger charge is -2.30. The number of anilines is 1. The molecule has 0 unspecified atom stereocenters. The second-order valence-electron chi connectivity index (χ2n) is 6.45. The summed E-state index contributed by atoms with van der Waals surface area (Å²) in [5.74, 6) is -1.14. The van der Waals surface area contributed by atoms with Gasteiger partial charge in [-0.05, 0) is 45.2 Å². The van der Waals surface area contributed by atoms with Crippen LogP contribution in [0.15, 0.2) is 0 Å². The SMILES string of the molecule is CCOC(=O)c1c(NC(=O)CN2CCC[C@@H](C(N)=O)C2)sc(CC)c1C. The van der Waals surface area contributed by atoms with Gasteiger partial charge in [0.05, 0.1) is 24.6 Å². The summed E-state index contributed by atoms with van der Waals surface area (Å²) in [4.78, 5) is 39.1. The highest BCUT2D eigenvalue weighted by Crippen LogP contribution is 2.34. The summed E-state index contributed by atoms with van der Waals surface area (Å²) in [5, 5.41) is 3.39. The molecule has 144 valence electrons. The summed E-state index contributed by atoms with van der Waals surface area (Å²) >= 11 is 1.41. The van der Waals surface area contributed by atoms with Crippen LogP contribution in [0.5, 0.6) is 0 Å². The van der Waals surface area contributed by atoms with Gasteiger partial charge in [-0.15, -0.1) is 11.3 Å². The predicted molar refractivity (Wildman–Crippen MR) is 101 cm³/mol. The fourth-order valence-corrected chi connectivity index (χ4v) is 4.38. The van der Waals surface area contributed by atoms with Gasteiger partial charge in [-0.3, -0.25) is 14.5 Å². The van der Waals surface area contributed by atoms with E-state index in [0.717, 1.165) is 36.2 Å². The molecule has 1 fully saturated rings. The summed E-state index contributed by atoms with van der Waals surface area (Å²) in [6.45, 7) is 7.35.